The molecule has 22 heavy (non-hydrogen) atoms. The van der Waals surface area contributed by atoms with Crippen molar-refractivity contribution in [1.82, 2.24) is 0 Å². The number of hydrogen-bond acceptors (Lipinski definition) is 4. The molecule has 3 N–H and O–H groups in total. The molecule has 0 fully saturated rings. The van der Waals surface area contributed by atoms with Gasteiger partial charge in [-0.15, -0.1) is 0 Å². The molecule has 0 saturated carbocycles. The van der Waals surface area contributed by atoms with Crippen molar-refractivity contribution < 1.29 is 32.8 Å². The summed E-state index contributed by atoms with van der Waals surface area (Å²) in [7, 11) is -4.13. The van der Waals surface area contributed by atoms with Crippen molar-refractivity contribution in [3.05, 3.63) is 54.6 Å². The van der Waals surface area contributed by atoms with E-state index in [0.717, 1.165) is 5.39 Å². The van der Waals surface area contributed by atoms with E-state index in [4.69, 9.17) is 14.8 Å². The zero-order valence-electron chi connectivity index (χ0n) is 11.1. The molecule has 0 amide bonds. The largest absolute Gasteiger partial charge is 0.478 e. The molecular weight excluding hydrogens is 312 g/mol. The summed E-state index contributed by atoms with van der Waals surface area (Å²) in [6.07, 6.45) is 1.12. The first-order valence-corrected chi connectivity index (χ1v) is 7.25. The van der Waals surface area contributed by atoms with Gasteiger partial charge in [0.05, 0.1) is 0 Å². The lowest BCUT2D eigenvalue weighted by atomic mass is 10.1. The van der Waals surface area contributed by atoms with E-state index in [2.05, 4.69) is 0 Å². The van der Waals surface area contributed by atoms with Crippen molar-refractivity contribution in [3.63, 3.8) is 0 Å². The maximum Gasteiger partial charge on any atom is 0.328 e. The summed E-state index contributed by atoms with van der Waals surface area (Å²) >= 11 is 0. The topological polar surface area (TPSA) is 129 Å². The number of fused-ring (bicyclic) bond motifs is 1. The lowest BCUT2D eigenvalue weighted by Crippen LogP contribution is -1.98. The minimum absolute atomic E-state index is 0.0457. The van der Waals surface area contributed by atoms with Gasteiger partial charge in [-0.2, -0.15) is 8.42 Å². The summed E-state index contributed by atoms with van der Waals surface area (Å²) in [4.78, 5) is 19.1. The van der Waals surface area contributed by atoms with Crippen LogP contribution in [-0.2, 0) is 19.7 Å². The van der Waals surface area contributed by atoms with Crippen molar-refractivity contribution in [2.24, 2.45) is 0 Å². The van der Waals surface area contributed by atoms with E-state index >= 15 is 0 Å². The van der Waals surface area contributed by atoms with Crippen LogP contribution in [0.5, 0.6) is 0 Å². The van der Waals surface area contributed by atoms with E-state index < -0.39 is 22.1 Å². The number of benzene rings is 2. The molecule has 0 aliphatic heterocycles. The van der Waals surface area contributed by atoms with Gasteiger partial charge in [0.2, 0.25) is 0 Å². The smallest absolute Gasteiger partial charge is 0.328 e. The van der Waals surface area contributed by atoms with Crippen LogP contribution in [0, 0.1) is 0 Å². The highest BCUT2D eigenvalue weighted by molar-refractivity contribution is 7.86. The Hall–Kier alpha value is -2.71. The molecule has 2 aromatic carbocycles. The molecule has 0 aliphatic carbocycles. The number of hydrogen-bond donors (Lipinski definition) is 3. The fraction of sp³-hybridized carbons (Fsp3) is 0. The predicted molar refractivity (Wildman–Crippen MR) is 78.2 cm³/mol. The van der Waals surface area contributed by atoms with Gasteiger partial charge in [-0.3, -0.25) is 4.55 Å². The molecule has 0 unspecified atom stereocenters. The van der Waals surface area contributed by atoms with Crippen LogP contribution >= 0.6 is 0 Å². The minimum Gasteiger partial charge on any atom is -0.478 e. The van der Waals surface area contributed by atoms with Gasteiger partial charge in [0.15, 0.2) is 0 Å². The van der Waals surface area contributed by atoms with Crippen LogP contribution in [0.3, 0.4) is 0 Å². The maximum atomic E-state index is 11.0. The highest BCUT2D eigenvalue weighted by atomic mass is 32.2. The van der Waals surface area contributed by atoms with E-state index in [1.807, 2.05) is 6.07 Å². The summed E-state index contributed by atoms with van der Waals surface area (Å²) in [6.45, 7) is 0. The van der Waals surface area contributed by atoms with Crippen LogP contribution in [0.25, 0.3) is 10.8 Å². The first kappa shape index (κ1) is 17.3. The minimum atomic E-state index is -4.13. The Morgan fingerprint density at radius 1 is 0.864 bits per heavy atom. The molecule has 0 aromatic heterocycles. The third-order valence-corrected chi connectivity index (χ3v) is 3.31. The second-order valence-corrected chi connectivity index (χ2v) is 5.35. The van der Waals surface area contributed by atoms with Crippen LogP contribution in [0.1, 0.15) is 0 Å². The van der Waals surface area contributed by atoms with Crippen molar-refractivity contribution in [2.75, 3.05) is 0 Å². The first-order valence-electron chi connectivity index (χ1n) is 5.81. The third kappa shape index (κ3) is 5.35. The molecule has 7 nitrogen and oxygen atoms in total. The van der Waals surface area contributed by atoms with E-state index in [-0.39, 0.29) is 4.90 Å². The molecule has 0 radical (unpaired) electrons. The summed E-state index contributed by atoms with van der Waals surface area (Å²) < 4.78 is 31.0. The third-order valence-electron chi connectivity index (χ3n) is 2.40. The average Bonchev–Trinajstić information content (AvgIpc) is 2.44. The SMILES string of the molecule is O=C(O)/C=C/C(=O)O.O=S(=O)(O)c1cccc2ccccc12. The molecular formula is C14H12O7S. The van der Waals surface area contributed by atoms with Crippen molar-refractivity contribution in [2.45, 2.75) is 4.90 Å². The van der Waals surface area contributed by atoms with Gasteiger partial charge < -0.3 is 10.2 Å². The molecule has 0 spiro atoms. The molecule has 8 heteroatoms. The zero-order valence-corrected chi connectivity index (χ0v) is 11.9. The van der Waals surface area contributed by atoms with Crippen LogP contribution < -0.4 is 0 Å². The average molecular weight is 324 g/mol. The molecule has 0 atom stereocenters. The van der Waals surface area contributed by atoms with Crippen LogP contribution in [-0.4, -0.2) is 35.1 Å². The Kier molecular flexibility index (Phi) is 5.79. The van der Waals surface area contributed by atoms with Gasteiger partial charge in [0.1, 0.15) is 4.90 Å². The molecule has 0 heterocycles. The van der Waals surface area contributed by atoms with Crippen molar-refractivity contribution >= 4 is 32.8 Å². The Morgan fingerprint density at radius 3 is 1.86 bits per heavy atom. The van der Waals surface area contributed by atoms with Gasteiger partial charge in [0.25, 0.3) is 10.1 Å². The number of aliphatic carboxylic acids is 2. The summed E-state index contributed by atoms with van der Waals surface area (Å²) in [5.74, 6) is -2.51. The lowest BCUT2D eigenvalue weighted by molar-refractivity contribution is -0.134. The molecule has 0 bridgehead atoms. The van der Waals surface area contributed by atoms with E-state index in [1.165, 1.54) is 6.07 Å². The van der Waals surface area contributed by atoms with Crippen molar-refractivity contribution in [1.29, 1.82) is 0 Å². The predicted octanol–water partition coefficient (Wildman–Crippen LogP) is 1.80. The number of carboxylic acid groups (broad SMARTS) is 2. The lowest BCUT2D eigenvalue weighted by Gasteiger charge is -2.02. The zero-order chi connectivity index (χ0) is 16.8. The quantitative estimate of drug-likeness (QED) is 0.580. The fourth-order valence-electron chi connectivity index (χ4n) is 1.56. The fourth-order valence-corrected chi connectivity index (χ4v) is 2.28. The Bertz CT molecular complexity index is 801. The summed E-state index contributed by atoms with van der Waals surface area (Å²) in [5, 5.41) is 17.0. The van der Waals surface area contributed by atoms with E-state index in [9.17, 15) is 18.0 Å². The number of rotatable bonds is 3. The van der Waals surface area contributed by atoms with E-state index in [1.54, 1.807) is 30.3 Å². The summed E-state index contributed by atoms with van der Waals surface area (Å²) in [5.41, 5.74) is 0. The summed E-state index contributed by atoms with van der Waals surface area (Å²) in [6, 6.07) is 11.8. The number of carboxylic acids is 2. The Balaban J connectivity index is 0.000000261. The molecule has 0 aliphatic rings. The second kappa shape index (κ2) is 7.34. The van der Waals surface area contributed by atoms with E-state index in [0.29, 0.717) is 17.5 Å². The van der Waals surface area contributed by atoms with Gasteiger partial charge in [0, 0.05) is 17.5 Å². The monoisotopic (exact) mass is 324 g/mol. The Morgan fingerprint density at radius 2 is 1.36 bits per heavy atom. The molecule has 0 saturated heterocycles. The van der Waals surface area contributed by atoms with Gasteiger partial charge in [-0.05, 0) is 11.5 Å². The van der Waals surface area contributed by atoms with Crippen LogP contribution in [0.15, 0.2) is 59.5 Å². The maximum absolute atomic E-state index is 11.0. The van der Waals surface area contributed by atoms with Gasteiger partial charge >= 0.3 is 11.9 Å². The van der Waals surface area contributed by atoms with Crippen LogP contribution in [0.2, 0.25) is 0 Å². The standard InChI is InChI=1S/C10H8O3S.C4H4O4/c11-14(12,13)10-7-3-5-8-4-1-2-6-9(8)10;5-3(6)1-2-4(7)8/h1-7H,(H,11,12,13);1-2H,(H,5,6)(H,7,8)/b;2-1+. The molecule has 116 valence electrons. The van der Waals surface area contributed by atoms with Gasteiger partial charge in [-0.1, -0.05) is 36.4 Å². The van der Waals surface area contributed by atoms with Gasteiger partial charge in [-0.25, -0.2) is 9.59 Å². The number of carbonyl (C=O) groups is 2. The highest BCUT2D eigenvalue weighted by Crippen LogP contribution is 2.21. The molecule has 2 aromatic rings. The molecule has 2 rings (SSSR count). The van der Waals surface area contributed by atoms with Crippen LogP contribution in [0.4, 0.5) is 0 Å². The van der Waals surface area contributed by atoms with Crippen molar-refractivity contribution in [3.8, 4) is 0 Å². The second-order valence-electron chi connectivity index (χ2n) is 3.96. The Labute approximate surface area is 125 Å². The normalized spacial score (nSPS) is 11.0. The first-order chi connectivity index (χ1) is 10.2. The highest BCUT2D eigenvalue weighted by Gasteiger charge is 2.12.